The van der Waals surface area contributed by atoms with Crippen molar-refractivity contribution < 1.29 is 19.1 Å². The number of amides is 2. The molecule has 0 spiro atoms. The van der Waals surface area contributed by atoms with Gasteiger partial charge in [-0.05, 0) is 107 Å². The maximum atomic E-state index is 13.7. The van der Waals surface area contributed by atoms with Gasteiger partial charge in [-0.15, -0.1) is 0 Å². The smallest absolute Gasteiger partial charge is 0.415 e. The van der Waals surface area contributed by atoms with Crippen molar-refractivity contribution in [2.24, 2.45) is 5.73 Å². The molecule has 41 heavy (non-hydrogen) atoms. The van der Waals surface area contributed by atoms with E-state index in [1.54, 1.807) is 24.3 Å². The molecule has 0 aliphatic heterocycles. The Hall–Kier alpha value is -3.97. The summed E-state index contributed by atoms with van der Waals surface area (Å²) in [6, 6.07) is 23.2. The molecular weight excluding hydrogens is 514 g/mol. The summed E-state index contributed by atoms with van der Waals surface area (Å²) in [7, 11) is 0. The average molecular weight is 556 g/mol. The topological polar surface area (TPSA) is 102 Å². The molecule has 0 bridgehead atoms. The van der Waals surface area contributed by atoms with E-state index in [1.165, 1.54) is 0 Å². The van der Waals surface area contributed by atoms with Gasteiger partial charge in [0.1, 0.15) is 11.9 Å². The van der Waals surface area contributed by atoms with Gasteiger partial charge in [0.05, 0.1) is 5.69 Å². The zero-order chi connectivity index (χ0) is 29.4. The summed E-state index contributed by atoms with van der Waals surface area (Å²) in [6.07, 6.45) is 5.55. The lowest BCUT2D eigenvalue weighted by Crippen LogP contribution is -2.46. The van der Waals surface area contributed by atoms with Crippen molar-refractivity contribution in [3.8, 4) is 11.1 Å². The van der Waals surface area contributed by atoms with Gasteiger partial charge in [-0.25, -0.2) is 4.79 Å². The molecule has 0 atom stereocenters. The van der Waals surface area contributed by atoms with Crippen LogP contribution in [0.15, 0.2) is 72.8 Å². The molecule has 0 radical (unpaired) electrons. The molecule has 1 fully saturated rings. The van der Waals surface area contributed by atoms with Crippen LogP contribution in [0.3, 0.4) is 0 Å². The number of carbonyl (C=O) groups is 3. The van der Waals surface area contributed by atoms with Gasteiger partial charge in [-0.1, -0.05) is 36.4 Å². The van der Waals surface area contributed by atoms with E-state index in [2.05, 4.69) is 23.5 Å². The Bertz CT molecular complexity index is 1320. The number of aryl methyl sites for hydroxylation is 1. The van der Waals surface area contributed by atoms with Crippen LogP contribution in [0.5, 0.6) is 0 Å². The van der Waals surface area contributed by atoms with Crippen LogP contribution < -0.4 is 16.0 Å². The van der Waals surface area contributed by atoms with Crippen molar-refractivity contribution in [2.45, 2.75) is 83.4 Å². The fraction of sp³-hybridized carbons (Fsp3) is 0.382. The first-order valence-corrected chi connectivity index (χ1v) is 14.4. The first kappa shape index (κ1) is 30.0. The van der Waals surface area contributed by atoms with E-state index < -0.39 is 5.60 Å². The molecule has 3 N–H and O–H groups in total. The van der Waals surface area contributed by atoms with Crippen molar-refractivity contribution in [3.63, 3.8) is 0 Å². The van der Waals surface area contributed by atoms with Gasteiger partial charge in [0.15, 0.2) is 0 Å². The largest absolute Gasteiger partial charge is 0.443 e. The second kappa shape index (κ2) is 13.6. The van der Waals surface area contributed by atoms with E-state index in [0.29, 0.717) is 30.5 Å². The lowest BCUT2D eigenvalue weighted by atomic mass is 9.89. The monoisotopic (exact) mass is 555 g/mol. The molecule has 3 aromatic rings. The number of nitrogens with zero attached hydrogens (tertiary/aromatic N) is 1. The van der Waals surface area contributed by atoms with E-state index in [-0.39, 0.29) is 24.1 Å². The van der Waals surface area contributed by atoms with Gasteiger partial charge in [0.25, 0.3) is 0 Å². The maximum Gasteiger partial charge on any atom is 0.415 e. The maximum absolute atomic E-state index is 13.7. The second-order valence-electron chi connectivity index (χ2n) is 11.8. The summed E-state index contributed by atoms with van der Waals surface area (Å²) in [4.78, 5) is 38.9. The van der Waals surface area contributed by atoms with Crippen molar-refractivity contribution in [2.75, 3.05) is 10.2 Å². The lowest BCUT2D eigenvalue weighted by Gasteiger charge is -2.38. The fourth-order valence-electron chi connectivity index (χ4n) is 5.23. The number of benzene rings is 3. The van der Waals surface area contributed by atoms with E-state index in [0.717, 1.165) is 54.3 Å². The number of nitrogens with one attached hydrogen (secondary N) is 1. The third-order valence-electron chi connectivity index (χ3n) is 7.30. The summed E-state index contributed by atoms with van der Waals surface area (Å²) in [6.45, 7) is 5.66. The highest BCUT2D eigenvalue weighted by atomic mass is 16.6. The van der Waals surface area contributed by atoms with Crippen LogP contribution in [-0.4, -0.2) is 36.0 Å². The Kier molecular flexibility index (Phi) is 9.95. The van der Waals surface area contributed by atoms with Crippen molar-refractivity contribution in [1.82, 2.24) is 0 Å². The van der Waals surface area contributed by atoms with Crippen LogP contribution in [0.25, 0.3) is 11.1 Å². The Labute approximate surface area is 243 Å². The highest BCUT2D eigenvalue weighted by molar-refractivity contribution is 5.95. The summed E-state index contributed by atoms with van der Waals surface area (Å²) in [5, 5.41) is 2.89. The normalized spacial score (nSPS) is 17.0. The lowest BCUT2D eigenvalue weighted by molar-refractivity contribution is -0.116. The Morgan fingerprint density at radius 3 is 2.29 bits per heavy atom. The van der Waals surface area contributed by atoms with E-state index >= 15 is 0 Å². The molecule has 216 valence electrons. The second-order valence-corrected chi connectivity index (χ2v) is 11.8. The molecule has 7 nitrogen and oxygen atoms in total. The number of nitrogens with two attached hydrogens (primary N) is 1. The van der Waals surface area contributed by atoms with E-state index in [1.807, 2.05) is 56.0 Å². The van der Waals surface area contributed by atoms with Gasteiger partial charge in [0, 0.05) is 35.3 Å². The van der Waals surface area contributed by atoms with Crippen molar-refractivity contribution in [3.05, 3.63) is 83.9 Å². The average Bonchev–Trinajstić information content (AvgIpc) is 2.95. The Morgan fingerprint density at radius 1 is 0.976 bits per heavy atom. The molecule has 2 amide bonds. The molecule has 4 rings (SSSR count). The van der Waals surface area contributed by atoms with Gasteiger partial charge in [0.2, 0.25) is 5.91 Å². The van der Waals surface area contributed by atoms with Crippen LogP contribution in [0, 0.1) is 0 Å². The zero-order valence-corrected chi connectivity index (χ0v) is 24.3. The molecular formula is C34H41N3O4. The van der Waals surface area contributed by atoms with Crippen LogP contribution in [0.2, 0.25) is 0 Å². The van der Waals surface area contributed by atoms with Gasteiger partial charge in [-0.2, -0.15) is 0 Å². The standard InChI is InChI=1S/C34H41N3O4/c1-34(2,3)41-33(40)37(29-19-15-27(35)16-20-29)31-21-14-24(22-30(31)26-9-5-4-6-10-26)8-7-11-32(39)36-28-17-12-25(23-38)13-18-28/h4-6,9-10,12-14,17-18,21-23,27,29H,7-8,11,15-16,19-20,35H2,1-3H3,(H,36,39). The summed E-state index contributed by atoms with van der Waals surface area (Å²) < 4.78 is 5.90. The first-order valence-electron chi connectivity index (χ1n) is 14.4. The minimum atomic E-state index is -0.621. The van der Waals surface area contributed by atoms with E-state index in [9.17, 15) is 14.4 Å². The molecule has 3 aromatic carbocycles. The molecule has 1 aliphatic rings. The summed E-state index contributed by atoms with van der Waals surface area (Å²) >= 11 is 0. The number of rotatable bonds is 9. The third-order valence-corrected chi connectivity index (χ3v) is 7.30. The highest BCUT2D eigenvalue weighted by Gasteiger charge is 2.33. The molecule has 0 aromatic heterocycles. The number of carbonyl (C=O) groups excluding carboxylic acids is 3. The minimum Gasteiger partial charge on any atom is -0.443 e. The van der Waals surface area contributed by atoms with Crippen LogP contribution >= 0.6 is 0 Å². The molecule has 0 saturated heterocycles. The molecule has 0 heterocycles. The minimum absolute atomic E-state index is 0.00209. The molecule has 7 heteroatoms. The quantitative estimate of drug-likeness (QED) is 0.273. The Morgan fingerprint density at radius 2 is 1.66 bits per heavy atom. The predicted molar refractivity (Wildman–Crippen MR) is 164 cm³/mol. The fourth-order valence-corrected chi connectivity index (χ4v) is 5.23. The van der Waals surface area contributed by atoms with Gasteiger partial charge < -0.3 is 15.8 Å². The summed E-state index contributed by atoms with van der Waals surface area (Å²) in [5.41, 5.74) is 10.7. The van der Waals surface area contributed by atoms with Crippen molar-refractivity contribution in [1.29, 1.82) is 0 Å². The Balaban J connectivity index is 1.55. The first-order chi connectivity index (χ1) is 19.6. The van der Waals surface area contributed by atoms with E-state index in [4.69, 9.17) is 10.5 Å². The highest BCUT2D eigenvalue weighted by Crippen LogP contribution is 2.37. The van der Waals surface area contributed by atoms with Crippen LogP contribution in [-0.2, 0) is 16.0 Å². The van der Waals surface area contributed by atoms with Gasteiger partial charge >= 0.3 is 6.09 Å². The number of anilines is 2. The SMILES string of the molecule is CC(C)(C)OC(=O)N(c1ccc(CCCC(=O)Nc2ccc(C=O)cc2)cc1-c1ccccc1)C1CCC(N)CC1. The predicted octanol–water partition coefficient (Wildman–Crippen LogP) is 7.14. The third kappa shape index (κ3) is 8.51. The molecule has 0 unspecified atom stereocenters. The number of ether oxygens (including phenoxy) is 1. The van der Waals surface area contributed by atoms with Crippen LogP contribution in [0.4, 0.5) is 16.2 Å². The summed E-state index contributed by atoms with van der Waals surface area (Å²) in [5.74, 6) is -0.0737. The number of hydrogen-bond acceptors (Lipinski definition) is 5. The van der Waals surface area contributed by atoms with Gasteiger partial charge in [-0.3, -0.25) is 14.5 Å². The number of aldehydes is 1. The molecule has 1 aliphatic carbocycles. The van der Waals surface area contributed by atoms with Crippen molar-refractivity contribution >= 4 is 29.7 Å². The van der Waals surface area contributed by atoms with Crippen LogP contribution in [0.1, 0.15) is 75.2 Å². The zero-order valence-electron chi connectivity index (χ0n) is 24.3. The molecule has 1 saturated carbocycles. The number of hydrogen-bond donors (Lipinski definition) is 2.